The molecule has 1 atom stereocenters. The van der Waals surface area contributed by atoms with Crippen molar-refractivity contribution >= 4 is 52.6 Å². The second-order valence-corrected chi connectivity index (χ2v) is 9.58. The summed E-state index contributed by atoms with van der Waals surface area (Å²) in [5.74, 6) is -0.771. The SMILES string of the molecule is CSc1cccc(NC(=O)CN2C(=O)C(C(=O)N3CCCCC3)Sc3ccccc32)c1. The Hall–Kier alpha value is -2.45. The van der Waals surface area contributed by atoms with Crippen LogP contribution in [0.1, 0.15) is 19.3 Å². The highest BCUT2D eigenvalue weighted by atomic mass is 32.2. The highest BCUT2D eigenvalue weighted by molar-refractivity contribution is 8.01. The Labute approximate surface area is 190 Å². The number of benzene rings is 2. The van der Waals surface area contributed by atoms with E-state index in [0.717, 1.165) is 29.1 Å². The van der Waals surface area contributed by atoms with Gasteiger partial charge in [-0.1, -0.05) is 18.2 Å². The van der Waals surface area contributed by atoms with E-state index in [2.05, 4.69) is 5.32 Å². The van der Waals surface area contributed by atoms with E-state index in [0.29, 0.717) is 24.5 Å². The van der Waals surface area contributed by atoms with Crippen molar-refractivity contribution in [3.05, 3.63) is 48.5 Å². The average molecular weight is 456 g/mol. The van der Waals surface area contributed by atoms with Gasteiger partial charge in [-0.15, -0.1) is 23.5 Å². The first-order valence-corrected chi connectivity index (χ1v) is 12.5. The van der Waals surface area contributed by atoms with Crippen LogP contribution in [0.3, 0.4) is 0 Å². The van der Waals surface area contributed by atoms with Crippen LogP contribution in [0.2, 0.25) is 0 Å². The molecule has 3 amide bonds. The number of carbonyl (C=O) groups is 3. The van der Waals surface area contributed by atoms with Gasteiger partial charge < -0.3 is 15.1 Å². The number of piperidine rings is 1. The number of anilines is 2. The lowest BCUT2D eigenvalue weighted by molar-refractivity contribution is -0.135. The Morgan fingerprint density at radius 1 is 1.10 bits per heavy atom. The molecular weight excluding hydrogens is 430 g/mol. The van der Waals surface area contributed by atoms with Crippen LogP contribution in [0.5, 0.6) is 0 Å². The minimum Gasteiger partial charge on any atom is -0.341 e. The first kappa shape index (κ1) is 21.8. The summed E-state index contributed by atoms with van der Waals surface area (Å²) in [6, 6.07) is 15.0. The number of likely N-dealkylation sites (tertiary alicyclic amines) is 1. The third-order valence-electron chi connectivity index (χ3n) is 5.44. The smallest absolute Gasteiger partial charge is 0.250 e. The predicted octanol–water partition coefficient (Wildman–Crippen LogP) is 3.87. The largest absolute Gasteiger partial charge is 0.341 e. The molecule has 1 N–H and O–H groups in total. The van der Waals surface area contributed by atoms with Gasteiger partial charge in [0, 0.05) is 28.6 Å². The van der Waals surface area contributed by atoms with Crippen molar-refractivity contribution in [3.63, 3.8) is 0 Å². The molecule has 1 fully saturated rings. The van der Waals surface area contributed by atoms with E-state index in [9.17, 15) is 14.4 Å². The molecule has 31 heavy (non-hydrogen) atoms. The molecule has 0 radical (unpaired) electrons. The van der Waals surface area contributed by atoms with E-state index < -0.39 is 5.25 Å². The molecule has 0 aliphatic carbocycles. The van der Waals surface area contributed by atoms with E-state index in [1.54, 1.807) is 16.7 Å². The molecule has 2 aliphatic rings. The summed E-state index contributed by atoms with van der Waals surface area (Å²) in [7, 11) is 0. The molecule has 2 aromatic rings. The zero-order chi connectivity index (χ0) is 21.8. The average Bonchev–Trinajstić information content (AvgIpc) is 2.81. The van der Waals surface area contributed by atoms with Crippen molar-refractivity contribution in [1.29, 1.82) is 0 Å². The summed E-state index contributed by atoms with van der Waals surface area (Å²) in [5, 5.41) is 2.03. The minimum absolute atomic E-state index is 0.135. The van der Waals surface area contributed by atoms with E-state index in [1.165, 1.54) is 16.7 Å². The quantitative estimate of drug-likeness (QED) is 0.548. The van der Waals surface area contributed by atoms with Crippen LogP contribution in [0, 0.1) is 0 Å². The van der Waals surface area contributed by atoms with Gasteiger partial charge in [0.05, 0.1) is 5.69 Å². The molecule has 2 aliphatic heterocycles. The van der Waals surface area contributed by atoms with Gasteiger partial charge in [0.1, 0.15) is 6.54 Å². The molecule has 0 bridgehead atoms. The van der Waals surface area contributed by atoms with Crippen molar-refractivity contribution in [1.82, 2.24) is 4.90 Å². The van der Waals surface area contributed by atoms with Crippen molar-refractivity contribution in [2.24, 2.45) is 0 Å². The Morgan fingerprint density at radius 2 is 1.87 bits per heavy atom. The van der Waals surface area contributed by atoms with Crippen molar-refractivity contribution < 1.29 is 14.4 Å². The lowest BCUT2D eigenvalue weighted by Crippen LogP contribution is -2.52. The molecule has 8 heteroatoms. The maximum atomic E-state index is 13.3. The summed E-state index contributed by atoms with van der Waals surface area (Å²) in [6.07, 6.45) is 5.02. The summed E-state index contributed by atoms with van der Waals surface area (Å²) in [4.78, 5) is 44.4. The Morgan fingerprint density at radius 3 is 2.65 bits per heavy atom. The lowest BCUT2D eigenvalue weighted by atomic mass is 10.1. The number of nitrogens with zero attached hydrogens (tertiary/aromatic N) is 2. The van der Waals surface area contributed by atoms with Crippen LogP contribution in [-0.4, -0.2) is 53.8 Å². The molecular formula is C23H25N3O3S2. The fourth-order valence-corrected chi connectivity index (χ4v) is 5.51. The monoisotopic (exact) mass is 455 g/mol. The molecule has 6 nitrogen and oxygen atoms in total. The van der Waals surface area contributed by atoms with Crippen LogP contribution in [-0.2, 0) is 14.4 Å². The number of hydrogen-bond acceptors (Lipinski definition) is 5. The molecule has 4 rings (SSSR count). The third kappa shape index (κ3) is 4.91. The Balaban J connectivity index is 1.54. The number of nitrogens with one attached hydrogen (secondary N) is 1. The molecule has 0 spiro atoms. The van der Waals surface area contributed by atoms with Crippen LogP contribution in [0.25, 0.3) is 0 Å². The van der Waals surface area contributed by atoms with Gasteiger partial charge in [-0.25, -0.2) is 0 Å². The fourth-order valence-electron chi connectivity index (χ4n) is 3.86. The predicted molar refractivity (Wildman–Crippen MR) is 126 cm³/mol. The van der Waals surface area contributed by atoms with E-state index in [4.69, 9.17) is 0 Å². The normalized spacial score (nSPS) is 18.5. The van der Waals surface area contributed by atoms with Crippen molar-refractivity contribution in [2.45, 2.75) is 34.3 Å². The summed E-state index contributed by atoms with van der Waals surface area (Å²) < 4.78 is 0. The van der Waals surface area contributed by atoms with Gasteiger partial charge in [0.15, 0.2) is 5.25 Å². The second-order valence-electron chi connectivity index (χ2n) is 7.56. The first-order chi connectivity index (χ1) is 15.1. The van der Waals surface area contributed by atoms with Crippen molar-refractivity contribution in [3.8, 4) is 0 Å². The van der Waals surface area contributed by atoms with Crippen LogP contribution in [0.15, 0.2) is 58.3 Å². The Kier molecular flexibility index (Phi) is 6.87. The zero-order valence-electron chi connectivity index (χ0n) is 17.4. The zero-order valence-corrected chi connectivity index (χ0v) is 19.0. The summed E-state index contributed by atoms with van der Waals surface area (Å²) in [5.41, 5.74) is 1.36. The van der Waals surface area contributed by atoms with Gasteiger partial charge in [-0.3, -0.25) is 14.4 Å². The van der Waals surface area contributed by atoms with Gasteiger partial charge in [-0.2, -0.15) is 0 Å². The van der Waals surface area contributed by atoms with Crippen molar-refractivity contribution in [2.75, 3.05) is 36.1 Å². The van der Waals surface area contributed by atoms with Crippen LogP contribution < -0.4 is 10.2 Å². The molecule has 0 aromatic heterocycles. The standard InChI is InChI=1S/C23H25N3O3S2/c1-30-17-9-7-8-16(14-17)24-20(27)15-26-18-10-3-4-11-19(18)31-21(23(26)29)22(28)25-12-5-2-6-13-25/h3-4,7-11,14,21H,2,5-6,12-13,15H2,1H3,(H,24,27). The van der Waals surface area contributed by atoms with Crippen LogP contribution in [0.4, 0.5) is 11.4 Å². The number of fused-ring (bicyclic) bond motifs is 1. The lowest BCUT2D eigenvalue weighted by Gasteiger charge is -2.36. The number of rotatable bonds is 5. The summed E-state index contributed by atoms with van der Waals surface area (Å²) in [6.45, 7) is 1.25. The highest BCUT2D eigenvalue weighted by Crippen LogP contribution is 2.40. The highest BCUT2D eigenvalue weighted by Gasteiger charge is 2.40. The third-order valence-corrected chi connectivity index (χ3v) is 7.40. The van der Waals surface area contributed by atoms with Gasteiger partial charge in [0.2, 0.25) is 11.8 Å². The number of amides is 3. The number of thioether (sulfide) groups is 2. The Bertz CT molecular complexity index is 992. The van der Waals surface area contributed by atoms with E-state index in [-0.39, 0.29) is 24.3 Å². The summed E-state index contributed by atoms with van der Waals surface area (Å²) >= 11 is 2.88. The minimum atomic E-state index is -0.847. The molecule has 1 saturated heterocycles. The maximum Gasteiger partial charge on any atom is 0.250 e. The second kappa shape index (κ2) is 9.78. The molecule has 1 unspecified atom stereocenters. The maximum absolute atomic E-state index is 13.3. The van der Waals surface area contributed by atoms with Crippen LogP contribution >= 0.6 is 23.5 Å². The van der Waals surface area contributed by atoms with Gasteiger partial charge >= 0.3 is 0 Å². The topological polar surface area (TPSA) is 69.7 Å². The molecule has 2 aromatic carbocycles. The molecule has 2 heterocycles. The molecule has 162 valence electrons. The first-order valence-electron chi connectivity index (χ1n) is 10.4. The van der Waals surface area contributed by atoms with E-state index in [1.807, 2.05) is 54.8 Å². The molecule has 0 saturated carbocycles. The van der Waals surface area contributed by atoms with Gasteiger partial charge in [-0.05, 0) is 55.9 Å². The number of carbonyl (C=O) groups excluding carboxylic acids is 3. The van der Waals surface area contributed by atoms with E-state index >= 15 is 0 Å². The number of para-hydroxylation sites is 1. The number of hydrogen-bond donors (Lipinski definition) is 1. The fraction of sp³-hybridized carbons (Fsp3) is 0.348. The van der Waals surface area contributed by atoms with Gasteiger partial charge in [0.25, 0.3) is 5.91 Å².